The number of amides is 5. The first kappa shape index (κ1) is 44.6. The van der Waals surface area contributed by atoms with E-state index in [-0.39, 0.29) is 66.9 Å². The van der Waals surface area contributed by atoms with Crippen LogP contribution in [0.1, 0.15) is 80.9 Å². The van der Waals surface area contributed by atoms with Crippen molar-refractivity contribution < 1.29 is 38.2 Å². The number of halogens is 1. The molecule has 0 saturated carbocycles. The van der Waals surface area contributed by atoms with Crippen molar-refractivity contribution in [3.63, 3.8) is 0 Å². The number of nitrogens with zero attached hydrogens (tertiary/aromatic N) is 7. The number of carbonyl (C=O) groups excluding carboxylic acids is 5. The van der Waals surface area contributed by atoms with Crippen molar-refractivity contribution in [2.45, 2.75) is 65.1 Å². The maximum absolute atomic E-state index is 13.8. The van der Waals surface area contributed by atoms with E-state index >= 15 is 0 Å². The summed E-state index contributed by atoms with van der Waals surface area (Å²) >= 11 is 7.83. The molecule has 0 spiro atoms. The molecule has 0 bridgehead atoms. The number of aliphatic imine (C=N–C) groups is 1. The number of methoxy groups -OCH3 is 2. The molecule has 18 nitrogen and oxygen atoms in total. The molecule has 0 aliphatic carbocycles. The number of fused-ring (bicyclic) bond motifs is 4. The molecule has 1 unspecified atom stereocenters. The normalized spacial score (nSPS) is 16.6. The predicted molar refractivity (Wildman–Crippen MR) is 240 cm³/mol. The lowest BCUT2D eigenvalue weighted by Gasteiger charge is -2.29. The molecule has 5 amide bonds. The Kier molecular flexibility index (Phi) is 13.0. The van der Waals surface area contributed by atoms with E-state index in [4.69, 9.17) is 30.8 Å². The van der Waals surface area contributed by atoms with Crippen LogP contribution in [0.3, 0.4) is 0 Å². The highest BCUT2D eigenvalue weighted by Crippen LogP contribution is 2.43. The molecule has 20 heteroatoms. The third kappa shape index (κ3) is 9.06. The van der Waals surface area contributed by atoms with Gasteiger partial charge >= 0.3 is 0 Å². The fraction of sp³-hybridized carbons (Fsp3) is 0.333. The first-order valence-electron chi connectivity index (χ1n) is 20.8. The summed E-state index contributed by atoms with van der Waals surface area (Å²) in [4.78, 5) is 71.8. The van der Waals surface area contributed by atoms with Crippen molar-refractivity contribution in [2.24, 2.45) is 15.2 Å². The summed E-state index contributed by atoms with van der Waals surface area (Å²) in [5, 5.41) is 27.2. The molecule has 3 aromatic carbocycles. The van der Waals surface area contributed by atoms with Crippen molar-refractivity contribution in [1.82, 2.24) is 35.6 Å². The topological polar surface area (TPSA) is 220 Å². The van der Waals surface area contributed by atoms with E-state index in [9.17, 15) is 24.0 Å². The molecular formula is C45H45ClN10O8S. The van der Waals surface area contributed by atoms with Gasteiger partial charge in [0.2, 0.25) is 17.6 Å². The average Bonchev–Trinajstić information content (AvgIpc) is 3.91. The Bertz CT molecular complexity index is 2760. The zero-order valence-corrected chi connectivity index (χ0v) is 37.8. The Morgan fingerprint density at radius 3 is 2.38 bits per heavy atom. The summed E-state index contributed by atoms with van der Waals surface area (Å²) in [6.07, 6.45) is 1.54. The summed E-state index contributed by atoms with van der Waals surface area (Å²) in [5.41, 5.74) is 5.30. The lowest BCUT2D eigenvalue weighted by molar-refractivity contribution is -0.137. The summed E-state index contributed by atoms with van der Waals surface area (Å²) in [7, 11) is 2.88. The molecule has 3 N–H and O–H groups in total. The Labute approximate surface area is 382 Å². The number of aromatic nitrogens is 3. The predicted octanol–water partition coefficient (Wildman–Crippen LogP) is 6.08. The Morgan fingerprint density at radius 2 is 1.68 bits per heavy atom. The number of ether oxygens (including phenoxy) is 3. The fourth-order valence-corrected chi connectivity index (χ4v) is 9.26. The average molecular weight is 921 g/mol. The highest BCUT2D eigenvalue weighted by molar-refractivity contribution is 7.15. The van der Waals surface area contributed by atoms with Crippen LogP contribution >= 0.6 is 22.9 Å². The SMILES string of the molecule is COc1cc(N=Nc2cccc3c2CN(C2CCC(=O)NC2=O)C3=O)cc(OC)c1OCC(=O)NCCCCNC(=O)[C@@H]1N=C(c2ccc(Cl)cc2)c2c(sc(C)c2C)-n2c(C)nnc21. The molecular weight excluding hydrogens is 876 g/mol. The highest BCUT2D eigenvalue weighted by Gasteiger charge is 2.40. The summed E-state index contributed by atoms with van der Waals surface area (Å²) in [6, 6.07) is 13.9. The zero-order valence-electron chi connectivity index (χ0n) is 36.2. The molecule has 2 aromatic heterocycles. The minimum absolute atomic E-state index is 0.138. The van der Waals surface area contributed by atoms with Gasteiger partial charge in [-0.05, 0) is 69.9 Å². The van der Waals surface area contributed by atoms with Crippen molar-refractivity contribution in [2.75, 3.05) is 33.9 Å². The van der Waals surface area contributed by atoms with Crippen LogP contribution < -0.4 is 30.2 Å². The Hall–Kier alpha value is -6.99. The van der Waals surface area contributed by atoms with Crippen LogP contribution in [-0.2, 0) is 25.7 Å². The molecule has 0 radical (unpaired) electrons. The third-order valence-electron chi connectivity index (χ3n) is 11.4. The maximum Gasteiger partial charge on any atom is 0.257 e. The van der Waals surface area contributed by atoms with E-state index in [1.165, 1.54) is 19.1 Å². The molecule has 65 heavy (non-hydrogen) atoms. The molecule has 1 fully saturated rings. The first-order valence-corrected chi connectivity index (χ1v) is 22.0. The number of nitrogens with one attached hydrogen (secondary N) is 3. The van der Waals surface area contributed by atoms with E-state index in [2.05, 4.69) is 43.3 Å². The van der Waals surface area contributed by atoms with Gasteiger partial charge in [0.15, 0.2) is 30.0 Å². The van der Waals surface area contributed by atoms with Gasteiger partial charge in [0.25, 0.3) is 17.7 Å². The maximum atomic E-state index is 13.8. The fourth-order valence-electron chi connectivity index (χ4n) is 7.92. The summed E-state index contributed by atoms with van der Waals surface area (Å²) in [5.74, 6) is -0.122. The lowest BCUT2D eigenvalue weighted by Crippen LogP contribution is -2.52. The number of azo groups is 1. The van der Waals surface area contributed by atoms with Gasteiger partial charge in [-0.3, -0.25) is 38.8 Å². The van der Waals surface area contributed by atoms with Gasteiger partial charge in [-0.1, -0.05) is 29.8 Å². The molecule has 3 aliphatic rings. The van der Waals surface area contributed by atoms with E-state index in [0.717, 1.165) is 26.6 Å². The van der Waals surface area contributed by atoms with Crippen LogP contribution in [-0.4, -0.2) is 94.9 Å². The van der Waals surface area contributed by atoms with E-state index < -0.39 is 18.0 Å². The molecule has 2 atom stereocenters. The largest absolute Gasteiger partial charge is 0.493 e. The van der Waals surface area contributed by atoms with E-state index in [1.807, 2.05) is 30.5 Å². The van der Waals surface area contributed by atoms with Crippen LogP contribution in [0.15, 0.2) is 69.8 Å². The second kappa shape index (κ2) is 19.0. The Balaban J connectivity index is 0.849. The number of piperidine rings is 1. The van der Waals surface area contributed by atoms with Crippen LogP contribution in [0.25, 0.3) is 5.00 Å². The number of carbonyl (C=O) groups is 5. The third-order valence-corrected chi connectivity index (χ3v) is 12.8. The molecule has 336 valence electrons. The minimum atomic E-state index is -0.958. The molecule has 8 rings (SSSR count). The van der Waals surface area contributed by atoms with Crippen LogP contribution in [0.5, 0.6) is 17.2 Å². The van der Waals surface area contributed by atoms with Crippen molar-refractivity contribution >= 4 is 69.6 Å². The van der Waals surface area contributed by atoms with Gasteiger partial charge < -0.3 is 29.7 Å². The standard InChI is InChI=1S/C45H45ClN10O8S/c1-23-24(2)65-45-37(23)38(26-11-13-27(46)14-12-26)50-39(41-54-51-25(3)56(41)45)43(60)48-18-7-6-17-47-36(58)22-64-40-33(62-4)19-28(20-34(40)63-5)52-53-31-10-8-9-29-30(31)21-55(44(29)61)32-15-16-35(57)49-42(32)59/h8-14,19-20,32,39H,6-7,15-18,21-22H2,1-5H3,(H,47,58)(H,48,60)(H,49,57,59)/t32?,39-/m1/s1. The van der Waals surface area contributed by atoms with Gasteiger partial charge in [-0.25, -0.2) is 0 Å². The van der Waals surface area contributed by atoms with Crippen molar-refractivity contribution in [1.29, 1.82) is 0 Å². The molecule has 3 aliphatic heterocycles. The van der Waals surface area contributed by atoms with Gasteiger partial charge in [0.1, 0.15) is 16.9 Å². The van der Waals surface area contributed by atoms with E-state index in [0.29, 0.717) is 70.8 Å². The number of hydrogen-bond acceptors (Lipinski definition) is 14. The number of unbranched alkanes of at least 4 members (excludes halogenated alkanes) is 1. The van der Waals surface area contributed by atoms with E-state index in [1.54, 1.807) is 53.8 Å². The number of imide groups is 1. The van der Waals surface area contributed by atoms with Gasteiger partial charge in [0, 0.05) is 70.3 Å². The second-order valence-corrected chi connectivity index (χ2v) is 17.2. The monoisotopic (exact) mass is 920 g/mol. The van der Waals surface area contributed by atoms with Crippen molar-refractivity contribution in [3.8, 4) is 22.2 Å². The van der Waals surface area contributed by atoms with Gasteiger partial charge in [0.05, 0.1) is 31.3 Å². The number of rotatable bonds is 15. The van der Waals surface area contributed by atoms with Crippen LogP contribution in [0.2, 0.25) is 5.02 Å². The van der Waals surface area contributed by atoms with Crippen LogP contribution in [0.4, 0.5) is 11.4 Å². The zero-order chi connectivity index (χ0) is 45.9. The highest BCUT2D eigenvalue weighted by atomic mass is 35.5. The number of thiophene rings is 1. The number of aryl methyl sites for hydroxylation is 2. The number of benzene rings is 3. The second-order valence-electron chi connectivity index (χ2n) is 15.5. The summed E-state index contributed by atoms with van der Waals surface area (Å²) in [6.45, 7) is 6.44. The van der Waals surface area contributed by atoms with Gasteiger partial charge in [-0.15, -0.1) is 21.5 Å². The van der Waals surface area contributed by atoms with Gasteiger partial charge in [-0.2, -0.15) is 10.2 Å². The Morgan fingerprint density at radius 1 is 0.954 bits per heavy atom. The number of hydrogen-bond donors (Lipinski definition) is 3. The van der Waals surface area contributed by atoms with Crippen molar-refractivity contribution in [3.05, 3.63) is 104 Å². The smallest absolute Gasteiger partial charge is 0.257 e. The molecule has 1 saturated heterocycles. The quantitative estimate of drug-likeness (QED) is 0.0624. The summed E-state index contributed by atoms with van der Waals surface area (Å²) < 4.78 is 18.9. The minimum Gasteiger partial charge on any atom is -0.493 e. The lowest BCUT2D eigenvalue weighted by atomic mass is 10.00. The van der Waals surface area contributed by atoms with Crippen LogP contribution in [0, 0.1) is 20.8 Å². The first-order chi connectivity index (χ1) is 31.4. The molecule has 5 aromatic rings. The molecule has 5 heterocycles.